The SMILES string of the molecule is CN(c1ncc[nH]c1=O)C(C)(C)CCl. The Morgan fingerprint density at radius 3 is 2.79 bits per heavy atom. The predicted octanol–water partition coefficient (Wildman–Crippen LogP) is 1.22. The molecule has 0 saturated heterocycles. The highest BCUT2D eigenvalue weighted by atomic mass is 35.5. The average molecular weight is 216 g/mol. The van der Waals surface area contributed by atoms with Crippen molar-refractivity contribution in [2.45, 2.75) is 19.4 Å². The van der Waals surface area contributed by atoms with Gasteiger partial charge in [0.15, 0.2) is 5.82 Å². The van der Waals surface area contributed by atoms with Gasteiger partial charge in [-0.05, 0) is 13.8 Å². The Balaban J connectivity index is 3.07. The maximum atomic E-state index is 11.4. The summed E-state index contributed by atoms with van der Waals surface area (Å²) >= 11 is 5.81. The number of aromatic nitrogens is 2. The van der Waals surface area contributed by atoms with Crippen LogP contribution < -0.4 is 10.5 Å². The van der Waals surface area contributed by atoms with Crippen LogP contribution in [0, 0.1) is 0 Å². The smallest absolute Gasteiger partial charge is 0.290 e. The van der Waals surface area contributed by atoms with E-state index in [9.17, 15) is 4.79 Å². The summed E-state index contributed by atoms with van der Waals surface area (Å²) in [5, 5.41) is 0. The second-order valence-corrected chi connectivity index (χ2v) is 4.01. The summed E-state index contributed by atoms with van der Waals surface area (Å²) in [6, 6.07) is 0. The van der Waals surface area contributed by atoms with Gasteiger partial charge in [0.1, 0.15) is 0 Å². The van der Waals surface area contributed by atoms with Crippen LogP contribution in [0.3, 0.4) is 0 Å². The Labute approximate surface area is 87.9 Å². The average Bonchev–Trinajstić information content (AvgIpc) is 2.17. The summed E-state index contributed by atoms with van der Waals surface area (Å²) in [5.41, 5.74) is -0.490. The molecule has 0 bridgehead atoms. The van der Waals surface area contributed by atoms with Crippen LogP contribution in [0.5, 0.6) is 0 Å². The number of hydrogen-bond donors (Lipinski definition) is 1. The molecule has 0 unspecified atom stereocenters. The molecule has 0 aliphatic heterocycles. The second-order valence-electron chi connectivity index (χ2n) is 3.75. The Hall–Kier alpha value is -1.03. The number of halogens is 1. The third-order valence-electron chi connectivity index (χ3n) is 2.24. The minimum Gasteiger partial charge on any atom is -0.349 e. The molecule has 0 aliphatic carbocycles. The predicted molar refractivity (Wildman–Crippen MR) is 58.1 cm³/mol. The first-order valence-corrected chi connectivity index (χ1v) is 4.86. The van der Waals surface area contributed by atoms with Crippen molar-refractivity contribution in [3.05, 3.63) is 22.7 Å². The van der Waals surface area contributed by atoms with Crippen LogP contribution in [-0.2, 0) is 0 Å². The minimum absolute atomic E-state index is 0.201. The highest BCUT2D eigenvalue weighted by Gasteiger charge is 2.25. The largest absolute Gasteiger partial charge is 0.349 e. The molecule has 5 heteroatoms. The van der Waals surface area contributed by atoms with Gasteiger partial charge < -0.3 is 9.88 Å². The lowest BCUT2D eigenvalue weighted by Crippen LogP contribution is -2.45. The van der Waals surface area contributed by atoms with E-state index >= 15 is 0 Å². The molecule has 78 valence electrons. The van der Waals surface area contributed by atoms with Crippen LogP contribution in [0.15, 0.2) is 17.2 Å². The van der Waals surface area contributed by atoms with E-state index in [-0.39, 0.29) is 11.1 Å². The number of nitrogens with one attached hydrogen (secondary N) is 1. The van der Waals surface area contributed by atoms with Crippen LogP contribution >= 0.6 is 11.6 Å². The summed E-state index contributed by atoms with van der Waals surface area (Å²) in [7, 11) is 1.81. The van der Waals surface area contributed by atoms with Gasteiger partial charge in [-0.25, -0.2) is 4.98 Å². The van der Waals surface area contributed by atoms with Crippen molar-refractivity contribution in [3.63, 3.8) is 0 Å². The Morgan fingerprint density at radius 2 is 2.29 bits per heavy atom. The van der Waals surface area contributed by atoms with Crippen molar-refractivity contribution < 1.29 is 0 Å². The van der Waals surface area contributed by atoms with E-state index < -0.39 is 0 Å². The van der Waals surface area contributed by atoms with Gasteiger partial charge in [0.25, 0.3) is 5.56 Å². The highest BCUT2D eigenvalue weighted by Crippen LogP contribution is 2.17. The lowest BCUT2D eigenvalue weighted by atomic mass is 10.1. The van der Waals surface area contributed by atoms with Crippen molar-refractivity contribution in [2.75, 3.05) is 17.8 Å². The maximum absolute atomic E-state index is 11.4. The molecule has 1 aromatic heterocycles. The lowest BCUT2D eigenvalue weighted by molar-refractivity contribution is 0.538. The molecule has 4 nitrogen and oxygen atoms in total. The zero-order chi connectivity index (χ0) is 10.8. The van der Waals surface area contributed by atoms with Crippen molar-refractivity contribution >= 4 is 17.4 Å². The van der Waals surface area contributed by atoms with Gasteiger partial charge in [0.05, 0.1) is 0 Å². The van der Waals surface area contributed by atoms with Crippen LogP contribution in [0.4, 0.5) is 5.82 Å². The molecule has 1 N–H and O–H groups in total. The van der Waals surface area contributed by atoms with E-state index in [0.29, 0.717) is 11.7 Å². The fourth-order valence-corrected chi connectivity index (χ4v) is 1.14. The molecular formula is C9H14ClN3O. The molecule has 14 heavy (non-hydrogen) atoms. The number of anilines is 1. The third kappa shape index (κ3) is 2.07. The van der Waals surface area contributed by atoms with Gasteiger partial charge in [0, 0.05) is 30.9 Å². The summed E-state index contributed by atoms with van der Waals surface area (Å²) in [4.78, 5) is 19.8. The number of rotatable bonds is 3. The Bertz CT molecular complexity index is 361. The molecule has 1 heterocycles. The highest BCUT2D eigenvalue weighted by molar-refractivity contribution is 6.18. The molecule has 0 amide bonds. The quantitative estimate of drug-likeness (QED) is 0.772. The molecule has 1 aromatic rings. The first-order valence-electron chi connectivity index (χ1n) is 4.32. The van der Waals surface area contributed by atoms with E-state index in [1.165, 1.54) is 6.20 Å². The van der Waals surface area contributed by atoms with Gasteiger partial charge in [-0.1, -0.05) is 0 Å². The molecule has 1 rings (SSSR count). The molecule has 0 radical (unpaired) electrons. The van der Waals surface area contributed by atoms with Crippen molar-refractivity contribution in [1.29, 1.82) is 0 Å². The normalized spacial score (nSPS) is 11.4. The number of nitrogens with zero attached hydrogens (tertiary/aromatic N) is 2. The van der Waals surface area contributed by atoms with Crippen molar-refractivity contribution in [2.24, 2.45) is 0 Å². The lowest BCUT2D eigenvalue weighted by Gasteiger charge is -2.33. The van der Waals surface area contributed by atoms with Crippen LogP contribution in [0.1, 0.15) is 13.8 Å². The van der Waals surface area contributed by atoms with E-state index in [2.05, 4.69) is 9.97 Å². The number of aromatic amines is 1. The third-order valence-corrected chi connectivity index (χ3v) is 2.90. The standard InChI is InChI=1S/C9H14ClN3O/c1-9(2,6-10)13(3)7-8(14)12-5-4-11-7/h4-5H,6H2,1-3H3,(H,12,14). The summed E-state index contributed by atoms with van der Waals surface area (Å²) in [5.74, 6) is 0.817. The molecule has 0 spiro atoms. The number of alkyl halides is 1. The zero-order valence-electron chi connectivity index (χ0n) is 8.54. The molecule has 0 aliphatic rings. The van der Waals surface area contributed by atoms with Gasteiger partial charge >= 0.3 is 0 Å². The zero-order valence-corrected chi connectivity index (χ0v) is 9.30. The Morgan fingerprint density at radius 1 is 1.64 bits per heavy atom. The fraction of sp³-hybridized carbons (Fsp3) is 0.556. The van der Waals surface area contributed by atoms with Gasteiger partial charge in [0.2, 0.25) is 0 Å². The molecule has 0 aromatic carbocycles. The second kappa shape index (κ2) is 4.00. The summed E-state index contributed by atoms with van der Waals surface area (Å²) in [6.07, 6.45) is 3.06. The monoisotopic (exact) mass is 215 g/mol. The molecule has 0 fully saturated rings. The van der Waals surface area contributed by atoms with E-state index in [1.807, 2.05) is 13.8 Å². The Kier molecular flexibility index (Phi) is 3.16. The molecule has 0 atom stereocenters. The van der Waals surface area contributed by atoms with E-state index in [0.717, 1.165) is 0 Å². The van der Waals surface area contributed by atoms with Crippen LogP contribution in [-0.4, -0.2) is 28.4 Å². The topological polar surface area (TPSA) is 49.0 Å². The summed E-state index contributed by atoms with van der Waals surface area (Å²) in [6.45, 7) is 3.90. The van der Waals surface area contributed by atoms with Gasteiger partial charge in [-0.15, -0.1) is 11.6 Å². The van der Waals surface area contributed by atoms with E-state index in [1.54, 1.807) is 18.1 Å². The number of hydrogen-bond acceptors (Lipinski definition) is 3. The fourth-order valence-electron chi connectivity index (χ4n) is 0.959. The van der Waals surface area contributed by atoms with E-state index in [4.69, 9.17) is 11.6 Å². The van der Waals surface area contributed by atoms with Crippen molar-refractivity contribution in [3.8, 4) is 0 Å². The minimum atomic E-state index is -0.289. The maximum Gasteiger partial charge on any atom is 0.290 e. The number of H-pyrrole nitrogens is 1. The first-order chi connectivity index (χ1) is 6.49. The molecule has 0 saturated carbocycles. The van der Waals surface area contributed by atoms with Gasteiger partial charge in [-0.2, -0.15) is 0 Å². The molecular weight excluding hydrogens is 202 g/mol. The van der Waals surface area contributed by atoms with Crippen molar-refractivity contribution in [1.82, 2.24) is 9.97 Å². The summed E-state index contributed by atoms with van der Waals surface area (Å²) < 4.78 is 0. The van der Waals surface area contributed by atoms with Crippen LogP contribution in [0.2, 0.25) is 0 Å². The first kappa shape index (κ1) is 11.0. The van der Waals surface area contributed by atoms with Crippen LogP contribution in [0.25, 0.3) is 0 Å². The van der Waals surface area contributed by atoms with Gasteiger partial charge in [-0.3, -0.25) is 4.79 Å².